The highest BCUT2D eigenvalue weighted by Gasteiger charge is 2.37. The molecule has 0 radical (unpaired) electrons. The highest BCUT2D eigenvalue weighted by atomic mass is 19.4. The third kappa shape index (κ3) is 5.34. The number of nitrogens with one attached hydrogen (secondary N) is 2. The minimum Gasteiger partial charge on any atom is -0.379 e. The van der Waals surface area contributed by atoms with Gasteiger partial charge in [0, 0.05) is 52.0 Å². The van der Waals surface area contributed by atoms with Crippen molar-refractivity contribution in [2.75, 3.05) is 45.8 Å². The topological polar surface area (TPSA) is 88.6 Å². The summed E-state index contributed by atoms with van der Waals surface area (Å²) in [6.07, 6.45) is -2.47. The number of methoxy groups -OCH3 is 1. The van der Waals surface area contributed by atoms with Gasteiger partial charge in [-0.25, -0.2) is 9.97 Å². The van der Waals surface area contributed by atoms with E-state index in [-0.39, 0.29) is 29.7 Å². The van der Waals surface area contributed by atoms with Crippen molar-refractivity contribution in [3.63, 3.8) is 0 Å². The average molecular weight is 417 g/mol. The Morgan fingerprint density at radius 3 is 2.62 bits per heavy atom. The van der Waals surface area contributed by atoms with E-state index in [0.717, 1.165) is 6.42 Å². The monoisotopic (exact) mass is 417 g/mol. The molecule has 3 rings (SSSR count). The molecular weight excluding hydrogens is 391 g/mol. The molecule has 0 unspecified atom stereocenters. The Morgan fingerprint density at radius 2 is 2.00 bits per heavy atom. The molecule has 0 saturated carbocycles. The summed E-state index contributed by atoms with van der Waals surface area (Å²) in [5, 5.41) is 6.12. The number of halogens is 3. The number of rotatable bonds is 5. The summed E-state index contributed by atoms with van der Waals surface area (Å²) in [4.78, 5) is 21.1. The first-order chi connectivity index (χ1) is 13.8. The molecule has 1 amide bonds. The van der Waals surface area contributed by atoms with Crippen molar-refractivity contribution in [1.29, 1.82) is 0 Å². The molecule has 0 aromatic carbocycles. The van der Waals surface area contributed by atoms with E-state index >= 15 is 0 Å². The number of amides is 1. The van der Waals surface area contributed by atoms with Crippen LogP contribution < -0.4 is 10.6 Å². The first-order valence-electron chi connectivity index (χ1n) is 9.61. The van der Waals surface area contributed by atoms with Gasteiger partial charge in [0.2, 0.25) is 5.82 Å². The second-order valence-corrected chi connectivity index (χ2v) is 7.19. The van der Waals surface area contributed by atoms with Crippen molar-refractivity contribution in [1.82, 2.24) is 20.2 Å². The number of aromatic nitrogens is 2. The first-order valence-corrected chi connectivity index (χ1v) is 9.61. The molecule has 1 aromatic rings. The summed E-state index contributed by atoms with van der Waals surface area (Å²) < 4.78 is 49.9. The van der Waals surface area contributed by atoms with Gasteiger partial charge in [-0.3, -0.25) is 4.79 Å². The maximum absolute atomic E-state index is 13.0. The van der Waals surface area contributed by atoms with Crippen molar-refractivity contribution >= 4 is 11.7 Å². The molecule has 11 heteroatoms. The predicted molar refractivity (Wildman–Crippen MR) is 98.7 cm³/mol. The molecule has 8 nitrogen and oxygen atoms in total. The normalized spacial score (nSPS) is 23.8. The third-order valence-electron chi connectivity index (χ3n) is 5.29. The van der Waals surface area contributed by atoms with Crippen molar-refractivity contribution in [2.24, 2.45) is 0 Å². The van der Waals surface area contributed by atoms with Gasteiger partial charge in [-0.1, -0.05) is 0 Å². The lowest BCUT2D eigenvalue weighted by Gasteiger charge is -2.38. The van der Waals surface area contributed by atoms with Gasteiger partial charge in [-0.2, -0.15) is 13.2 Å². The van der Waals surface area contributed by atoms with Crippen LogP contribution in [0.25, 0.3) is 0 Å². The van der Waals surface area contributed by atoms with E-state index in [9.17, 15) is 18.0 Å². The van der Waals surface area contributed by atoms with E-state index in [1.807, 2.05) is 0 Å². The van der Waals surface area contributed by atoms with E-state index in [1.54, 1.807) is 7.11 Å². The number of alkyl halides is 3. The number of hydrogen-bond acceptors (Lipinski definition) is 7. The lowest BCUT2D eigenvalue weighted by molar-refractivity contribution is -0.144. The second-order valence-electron chi connectivity index (χ2n) is 7.19. The number of carbonyl (C=O) groups is 1. The molecule has 3 heterocycles. The molecule has 29 heavy (non-hydrogen) atoms. The van der Waals surface area contributed by atoms with E-state index in [0.29, 0.717) is 39.1 Å². The molecule has 2 N–H and O–H groups in total. The van der Waals surface area contributed by atoms with Crippen LogP contribution in [0.15, 0.2) is 6.07 Å². The Labute approximate surface area is 167 Å². The van der Waals surface area contributed by atoms with Crippen LogP contribution in [-0.4, -0.2) is 79.4 Å². The van der Waals surface area contributed by atoms with Crippen LogP contribution in [-0.2, 0) is 15.7 Å². The first kappa shape index (κ1) is 21.7. The van der Waals surface area contributed by atoms with Crippen molar-refractivity contribution in [2.45, 2.75) is 43.6 Å². The second kappa shape index (κ2) is 9.23. The Balaban J connectivity index is 1.61. The summed E-state index contributed by atoms with van der Waals surface area (Å²) in [7, 11) is 3.10. The van der Waals surface area contributed by atoms with Crippen molar-refractivity contribution < 1.29 is 27.4 Å². The van der Waals surface area contributed by atoms with Crippen LogP contribution >= 0.6 is 0 Å². The number of nitrogens with zero attached hydrogens (tertiary/aromatic N) is 3. The molecule has 2 aliphatic heterocycles. The SMILES string of the molecule is CNc1cc(C(=O)N2CCC(N[C@H]3CCOC[C@H]3OC)CC2)nc(C(F)(F)F)n1. The zero-order valence-electron chi connectivity index (χ0n) is 16.5. The molecule has 2 saturated heterocycles. The highest BCUT2D eigenvalue weighted by Crippen LogP contribution is 2.27. The van der Waals surface area contributed by atoms with Crippen LogP contribution in [0, 0.1) is 0 Å². The summed E-state index contributed by atoms with van der Waals surface area (Å²) >= 11 is 0. The standard InChI is InChI=1S/C18H26F3N5O3/c1-22-15-9-13(24-17(25-15)18(19,20)21)16(27)26-6-3-11(4-7-26)23-12-5-8-29-10-14(12)28-2/h9,11-12,14,23H,3-8,10H2,1-2H3,(H,22,24,25)/t12-,14+/m0/s1. The summed E-state index contributed by atoms with van der Waals surface area (Å²) in [6, 6.07) is 1.65. The number of likely N-dealkylation sites (tertiary alicyclic amines) is 1. The van der Waals surface area contributed by atoms with Crippen LogP contribution in [0.1, 0.15) is 35.6 Å². The Kier molecular flexibility index (Phi) is 6.91. The van der Waals surface area contributed by atoms with Gasteiger partial charge in [0.1, 0.15) is 11.5 Å². The summed E-state index contributed by atoms with van der Waals surface area (Å²) in [5.41, 5.74) is -0.257. The van der Waals surface area contributed by atoms with Gasteiger partial charge >= 0.3 is 6.18 Å². The molecule has 2 atom stereocenters. The van der Waals surface area contributed by atoms with Crippen LogP contribution in [0.5, 0.6) is 0 Å². The zero-order chi connectivity index (χ0) is 21.0. The maximum atomic E-state index is 13.0. The fraction of sp³-hybridized carbons (Fsp3) is 0.722. The van der Waals surface area contributed by atoms with E-state index < -0.39 is 17.9 Å². The van der Waals surface area contributed by atoms with Crippen LogP contribution in [0.3, 0.4) is 0 Å². The number of hydrogen-bond donors (Lipinski definition) is 2. The molecular formula is C18H26F3N5O3. The van der Waals surface area contributed by atoms with Crippen molar-refractivity contribution in [3.05, 3.63) is 17.6 Å². The summed E-state index contributed by atoms with van der Waals surface area (Å²) in [5.74, 6) is -1.89. The van der Waals surface area contributed by atoms with Gasteiger partial charge in [-0.15, -0.1) is 0 Å². The number of ether oxygens (including phenoxy) is 2. The third-order valence-corrected chi connectivity index (χ3v) is 5.29. The van der Waals surface area contributed by atoms with E-state index in [1.165, 1.54) is 18.0 Å². The van der Waals surface area contributed by atoms with Crippen LogP contribution in [0.4, 0.5) is 19.0 Å². The molecule has 2 aliphatic rings. The van der Waals surface area contributed by atoms with Gasteiger partial charge in [0.25, 0.3) is 5.91 Å². The van der Waals surface area contributed by atoms with Gasteiger partial charge in [-0.05, 0) is 19.3 Å². The van der Waals surface area contributed by atoms with Crippen LogP contribution in [0.2, 0.25) is 0 Å². The van der Waals surface area contributed by atoms with E-state index in [4.69, 9.17) is 9.47 Å². The number of anilines is 1. The molecule has 0 bridgehead atoms. The quantitative estimate of drug-likeness (QED) is 0.751. The Bertz CT molecular complexity index is 710. The molecule has 2 fully saturated rings. The van der Waals surface area contributed by atoms with Gasteiger partial charge in [0.15, 0.2) is 0 Å². The zero-order valence-corrected chi connectivity index (χ0v) is 16.5. The largest absolute Gasteiger partial charge is 0.451 e. The van der Waals surface area contributed by atoms with Gasteiger partial charge < -0.3 is 25.0 Å². The summed E-state index contributed by atoms with van der Waals surface area (Å²) in [6.45, 7) is 2.11. The maximum Gasteiger partial charge on any atom is 0.451 e. The Hall–Kier alpha value is -1.98. The fourth-order valence-corrected chi connectivity index (χ4v) is 3.66. The minimum absolute atomic E-state index is 0.00909. The molecule has 162 valence electrons. The Morgan fingerprint density at radius 1 is 1.28 bits per heavy atom. The molecule has 0 spiro atoms. The molecule has 0 aliphatic carbocycles. The fourth-order valence-electron chi connectivity index (χ4n) is 3.66. The number of piperidine rings is 1. The van der Waals surface area contributed by atoms with E-state index in [2.05, 4.69) is 20.6 Å². The van der Waals surface area contributed by atoms with Gasteiger partial charge in [0.05, 0.1) is 12.7 Å². The lowest BCUT2D eigenvalue weighted by atomic mass is 9.99. The van der Waals surface area contributed by atoms with Crippen molar-refractivity contribution in [3.8, 4) is 0 Å². The smallest absolute Gasteiger partial charge is 0.379 e. The highest BCUT2D eigenvalue weighted by molar-refractivity contribution is 5.93. The number of carbonyl (C=O) groups excluding carboxylic acids is 1. The predicted octanol–water partition coefficient (Wildman–Crippen LogP) is 1.54. The molecule has 1 aromatic heterocycles. The average Bonchev–Trinajstić information content (AvgIpc) is 2.73. The lowest BCUT2D eigenvalue weighted by Crippen LogP contribution is -2.54. The minimum atomic E-state index is -4.72.